The maximum Gasteiger partial charge on any atom is 0.0431 e. The monoisotopic (exact) mass is 263 g/mol. The minimum Gasteiger partial charge on any atom is -0.399 e. The van der Waals surface area contributed by atoms with E-state index in [1.165, 1.54) is 12.1 Å². The Bertz CT molecular complexity index is 375. The number of rotatable bonds is 6. The van der Waals surface area contributed by atoms with Gasteiger partial charge in [-0.2, -0.15) is 0 Å². The lowest BCUT2D eigenvalue weighted by Gasteiger charge is -2.36. The summed E-state index contributed by atoms with van der Waals surface area (Å²) in [6.07, 6.45) is 3.26. The van der Waals surface area contributed by atoms with Gasteiger partial charge in [0.15, 0.2) is 0 Å². The van der Waals surface area contributed by atoms with Crippen LogP contribution in [0.1, 0.15) is 19.3 Å². The number of anilines is 2. The molecule has 1 aliphatic rings. The number of aliphatic hydroxyl groups excluding tert-OH is 1. The molecule has 0 aromatic heterocycles. The minimum absolute atomic E-state index is 0.323. The Hall–Kier alpha value is -1.26. The lowest BCUT2D eigenvalue weighted by Crippen LogP contribution is -2.46. The first-order valence-electron chi connectivity index (χ1n) is 7.23. The number of nitrogens with two attached hydrogens (primary N) is 1. The van der Waals surface area contributed by atoms with Gasteiger partial charge in [0, 0.05) is 44.2 Å². The van der Waals surface area contributed by atoms with E-state index in [0.29, 0.717) is 6.61 Å². The molecule has 1 saturated heterocycles. The predicted octanol–water partition coefficient (Wildman–Crippen LogP) is 1.55. The van der Waals surface area contributed by atoms with Crippen LogP contribution >= 0.6 is 0 Å². The van der Waals surface area contributed by atoms with Crippen LogP contribution in [-0.4, -0.2) is 49.3 Å². The third-order valence-electron chi connectivity index (χ3n) is 3.74. The number of nitrogens with zero attached hydrogens (tertiary/aromatic N) is 2. The molecule has 0 radical (unpaired) electrons. The van der Waals surface area contributed by atoms with Gasteiger partial charge in [0.05, 0.1) is 0 Å². The SMILES string of the molecule is Nc1cccc(N2CCN(CCCCCO)CC2)c1. The van der Waals surface area contributed by atoms with Crippen molar-refractivity contribution >= 4 is 11.4 Å². The molecule has 0 bridgehead atoms. The number of unbranched alkanes of at least 4 members (excludes halogenated alkanes) is 2. The molecule has 0 amide bonds. The van der Waals surface area contributed by atoms with Crippen molar-refractivity contribution in [1.82, 2.24) is 4.90 Å². The molecule has 4 heteroatoms. The summed E-state index contributed by atoms with van der Waals surface area (Å²) in [5.74, 6) is 0. The van der Waals surface area contributed by atoms with E-state index in [2.05, 4.69) is 21.9 Å². The summed E-state index contributed by atoms with van der Waals surface area (Å²) in [5.41, 5.74) is 7.90. The molecular weight excluding hydrogens is 238 g/mol. The first kappa shape index (κ1) is 14.2. The van der Waals surface area contributed by atoms with Crippen molar-refractivity contribution in [2.45, 2.75) is 19.3 Å². The second-order valence-electron chi connectivity index (χ2n) is 5.21. The Morgan fingerprint density at radius 1 is 1.05 bits per heavy atom. The maximum atomic E-state index is 8.76. The van der Waals surface area contributed by atoms with Gasteiger partial charge in [0.2, 0.25) is 0 Å². The molecule has 0 aliphatic carbocycles. The molecule has 3 N–H and O–H groups in total. The summed E-state index contributed by atoms with van der Waals surface area (Å²) in [6, 6.07) is 8.14. The van der Waals surface area contributed by atoms with E-state index in [1.54, 1.807) is 0 Å². The van der Waals surface area contributed by atoms with Crippen LogP contribution in [-0.2, 0) is 0 Å². The fraction of sp³-hybridized carbons (Fsp3) is 0.600. The van der Waals surface area contributed by atoms with Crippen LogP contribution < -0.4 is 10.6 Å². The van der Waals surface area contributed by atoms with Crippen molar-refractivity contribution in [3.63, 3.8) is 0 Å². The van der Waals surface area contributed by atoms with Gasteiger partial charge in [0.1, 0.15) is 0 Å². The van der Waals surface area contributed by atoms with E-state index < -0.39 is 0 Å². The van der Waals surface area contributed by atoms with E-state index in [1.807, 2.05) is 12.1 Å². The summed E-state index contributed by atoms with van der Waals surface area (Å²) < 4.78 is 0. The molecule has 1 aromatic carbocycles. The standard InChI is InChI=1S/C15H25N3O/c16-14-5-4-6-15(13-14)18-10-8-17(9-11-18)7-2-1-3-12-19/h4-6,13,19H,1-3,7-12,16H2. The molecular formula is C15H25N3O. The Kier molecular flexibility index (Phi) is 5.48. The largest absolute Gasteiger partial charge is 0.399 e. The molecule has 2 rings (SSSR count). The van der Waals surface area contributed by atoms with Gasteiger partial charge in [-0.3, -0.25) is 4.90 Å². The maximum absolute atomic E-state index is 8.76. The average Bonchev–Trinajstić information content (AvgIpc) is 2.44. The number of benzene rings is 1. The van der Waals surface area contributed by atoms with Crippen LogP contribution in [0.25, 0.3) is 0 Å². The predicted molar refractivity (Wildman–Crippen MR) is 80.4 cm³/mol. The third-order valence-corrected chi connectivity index (χ3v) is 3.74. The highest BCUT2D eigenvalue weighted by atomic mass is 16.2. The van der Waals surface area contributed by atoms with Gasteiger partial charge >= 0.3 is 0 Å². The molecule has 4 nitrogen and oxygen atoms in total. The van der Waals surface area contributed by atoms with Crippen molar-refractivity contribution in [2.24, 2.45) is 0 Å². The van der Waals surface area contributed by atoms with E-state index >= 15 is 0 Å². The van der Waals surface area contributed by atoms with E-state index in [4.69, 9.17) is 10.8 Å². The van der Waals surface area contributed by atoms with Gasteiger partial charge in [-0.05, 0) is 44.0 Å². The molecule has 1 heterocycles. The number of piperazine rings is 1. The molecule has 1 fully saturated rings. The van der Waals surface area contributed by atoms with Crippen LogP contribution in [0.3, 0.4) is 0 Å². The van der Waals surface area contributed by atoms with E-state index in [0.717, 1.165) is 51.3 Å². The quantitative estimate of drug-likeness (QED) is 0.604. The Morgan fingerprint density at radius 3 is 2.53 bits per heavy atom. The zero-order valence-corrected chi connectivity index (χ0v) is 11.6. The zero-order valence-electron chi connectivity index (χ0n) is 11.6. The summed E-state index contributed by atoms with van der Waals surface area (Å²) >= 11 is 0. The highest BCUT2D eigenvalue weighted by molar-refractivity contribution is 5.56. The van der Waals surface area contributed by atoms with E-state index in [-0.39, 0.29) is 0 Å². The van der Waals surface area contributed by atoms with Crippen molar-refractivity contribution in [2.75, 3.05) is 50.0 Å². The summed E-state index contributed by atoms with van der Waals surface area (Å²) in [5, 5.41) is 8.76. The average molecular weight is 263 g/mol. The van der Waals surface area contributed by atoms with Crippen molar-refractivity contribution in [3.05, 3.63) is 24.3 Å². The highest BCUT2D eigenvalue weighted by Gasteiger charge is 2.16. The highest BCUT2D eigenvalue weighted by Crippen LogP contribution is 2.19. The van der Waals surface area contributed by atoms with Gasteiger partial charge in [-0.25, -0.2) is 0 Å². The smallest absolute Gasteiger partial charge is 0.0431 e. The van der Waals surface area contributed by atoms with Gasteiger partial charge in [-0.15, -0.1) is 0 Å². The topological polar surface area (TPSA) is 52.7 Å². The number of aliphatic hydroxyl groups is 1. The van der Waals surface area contributed by atoms with Crippen LogP contribution in [0.4, 0.5) is 11.4 Å². The minimum atomic E-state index is 0.323. The molecule has 106 valence electrons. The van der Waals surface area contributed by atoms with Gasteiger partial charge in [0.25, 0.3) is 0 Å². The first-order chi connectivity index (χ1) is 9.29. The first-order valence-corrected chi connectivity index (χ1v) is 7.23. The van der Waals surface area contributed by atoms with Crippen LogP contribution in [0.5, 0.6) is 0 Å². The number of hydrogen-bond acceptors (Lipinski definition) is 4. The van der Waals surface area contributed by atoms with Crippen molar-refractivity contribution in [3.8, 4) is 0 Å². The molecule has 0 unspecified atom stereocenters. The lowest BCUT2D eigenvalue weighted by molar-refractivity contribution is 0.242. The fourth-order valence-corrected chi connectivity index (χ4v) is 2.58. The molecule has 0 saturated carbocycles. The van der Waals surface area contributed by atoms with Crippen LogP contribution in [0.2, 0.25) is 0 Å². The fourth-order valence-electron chi connectivity index (χ4n) is 2.58. The molecule has 0 atom stereocenters. The van der Waals surface area contributed by atoms with E-state index in [9.17, 15) is 0 Å². The Labute approximate surface area is 115 Å². The summed E-state index contributed by atoms with van der Waals surface area (Å²) in [6.45, 7) is 5.86. The Morgan fingerprint density at radius 2 is 1.84 bits per heavy atom. The Balaban J connectivity index is 1.73. The second kappa shape index (κ2) is 7.36. The second-order valence-corrected chi connectivity index (χ2v) is 5.21. The van der Waals surface area contributed by atoms with Gasteiger partial charge < -0.3 is 15.7 Å². The lowest BCUT2D eigenvalue weighted by atomic mass is 10.2. The summed E-state index contributed by atoms with van der Waals surface area (Å²) in [4.78, 5) is 4.92. The molecule has 19 heavy (non-hydrogen) atoms. The number of hydrogen-bond donors (Lipinski definition) is 2. The van der Waals surface area contributed by atoms with Crippen LogP contribution in [0, 0.1) is 0 Å². The molecule has 1 aromatic rings. The van der Waals surface area contributed by atoms with Crippen molar-refractivity contribution in [1.29, 1.82) is 0 Å². The van der Waals surface area contributed by atoms with Crippen molar-refractivity contribution < 1.29 is 5.11 Å². The summed E-state index contributed by atoms with van der Waals surface area (Å²) in [7, 11) is 0. The van der Waals surface area contributed by atoms with Gasteiger partial charge in [-0.1, -0.05) is 6.07 Å². The number of nitrogen functional groups attached to an aromatic ring is 1. The molecule has 1 aliphatic heterocycles. The van der Waals surface area contributed by atoms with Crippen LogP contribution in [0.15, 0.2) is 24.3 Å². The normalized spacial score (nSPS) is 16.8. The zero-order chi connectivity index (χ0) is 13.5. The third kappa shape index (κ3) is 4.40. The molecule has 0 spiro atoms.